The zero-order chi connectivity index (χ0) is 16.3. The Morgan fingerprint density at radius 3 is 2.48 bits per heavy atom. The summed E-state index contributed by atoms with van der Waals surface area (Å²) in [6, 6.07) is 6.53. The van der Waals surface area contributed by atoms with Gasteiger partial charge in [0.1, 0.15) is 13.2 Å². The van der Waals surface area contributed by atoms with Crippen molar-refractivity contribution in [2.24, 2.45) is 5.41 Å². The summed E-state index contributed by atoms with van der Waals surface area (Å²) < 4.78 is 11.4. The lowest BCUT2D eigenvalue weighted by Gasteiger charge is -2.36. The molecule has 1 aromatic carbocycles. The summed E-state index contributed by atoms with van der Waals surface area (Å²) in [7, 11) is 0. The normalized spacial score (nSPS) is 19.8. The maximum Gasteiger partial charge on any atom is 0.161 e. The molecular weight excluding hydrogens is 286 g/mol. The number of hydrogen-bond acceptors (Lipinski definition) is 3. The average Bonchev–Trinajstić information content (AvgIpc) is 3.07. The molecule has 2 aliphatic heterocycles. The van der Waals surface area contributed by atoms with Gasteiger partial charge in [-0.25, -0.2) is 0 Å². The number of hydrogen-bond donors (Lipinski definition) is 0. The molecule has 3 rings (SSSR count). The van der Waals surface area contributed by atoms with Crippen molar-refractivity contribution in [1.29, 1.82) is 0 Å². The van der Waals surface area contributed by atoms with Crippen LogP contribution in [0.4, 0.5) is 0 Å². The van der Waals surface area contributed by atoms with E-state index in [1.54, 1.807) is 0 Å². The highest BCUT2D eigenvalue weighted by Crippen LogP contribution is 2.43. The smallest absolute Gasteiger partial charge is 0.161 e. The van der Waals surface area contributed by atoms with E-state index in [9.17, 15) is 0 Å². The Balaban J connectivity index is 1.72. The van der Waals surface area contributed by atoms with Crippen LogP contribution in [0, 0.1) is 5.41 Å². The fraction of sp³-hybridized carbons (Fsp3) is 0.700. The molecule has 0 spiro atoms. The van der Waals surface area contributed by atoms with E-state index in [1.807, 2.05) is 0 Å². The van der Waals surface area contributed by atoms with E-state index in [0.717, 1.165) is 17.9 Å². The van der Waals surface area contributed by atoms with Gasteiger partial charge in [0, 0.05) is 0 Å². The number of benzene rings is 1. The molecule has 2 aliphatic rings. The van der Waals surface area contributed by atoms with E-state index >= 15 is 0 Å². The fourth-order valence-corrected chi connectivity index (χ4v) is 4.14. The Hall–Kier alpha value is -1.22. The molecule has 0 aromatic heterocycles. The summed E-state index contributed by atoms with van der Waals surface area (Å²) in [6.45, 7) is 12.3. The molecule has 23 heavy (non-hydrogen) atoms. The molecule has 0 radical (unpaired) electrons. The molecule has 0 saturated carbocycles. The minimum Gasteiger partial charge on any atom is -0.486 e. The van der Waals surface area contributed by atoms with Crippen molar-refractivity contribution in [3.8, 4) is 11.5 Å². The van der Waals surface area contributed by atoms with Crippen LogP contribution < -0.4 is 9.47 Å². The molecule has 0 aliphatic carbocycles. The Labute approximate surface area is 141 Å². The molecule has 3 nitrogen and oxygen atoms in total. The molecule has 1 aromatic rings. The first-order chi connectivity index (χ1) is 11.1. The van der Waals surface area contributed by atoms with E-state index < -0.39 is 0 Å². The summed E-state index contributed by atoms with van der Waals surface area (Å²) in [4.78, 5) is 2.62. The summed E-state index contributed by atoms with van der Waals surface area (Å²) in [5.41, 5.74) is 1.68. The van der Waals surface area contributed by atoms with E-state index in [1.165, 1.54) is 44.5 Å². The highest BCUT2D eigenvalue weighted by atomic mass is 16.6. The maximum atomic E-state index is 5.78. The van der Waals surface area contributed by atoms with Gasteiger partial charge in [-0.3, -0.25) is 0 Å². The minimum absolute atomic E-state index is 0.293. The van der Waals surface area contributed by atoms with Gasteiger partial charge in [-0.05, 0) is 74.3 Å². The number of fused-ring (bicyclic) bond motifs is 1. The van der Waals surface area contributed by atoms with Crippen molar-refractivity contribution in [3.63, 3.8) is 0 Å². The second-order valence-corrected chi connectivity index (χ2v) is 7.65. The van der Waals surface area contributed by atoms with Crippen molar-refractivity contribution in [1.82, 2.24) is 4.90 Å². The van der Waals surface area contributed by atoms with Crippen molar-refractivity contribution >= 4 is 0 Å². The zero-order valence-corrected chi connectivity index (χ0v) is 14.9. The maximum absolute atomic E-state index is 5.78. The third-order valence-corrected chi connectivity index (χ3v) is 5.59. The zero-order valence-electron chi connectivity index (χ0n) is 14.9. The van der Waals surface area contributed by atoms with Crippen molar-refractivity contribution in [3.05, 3.63) is 23.8 Å². The number of ether oxygens (including phenoxy) is 2. The average molecular weight is 317 g/mol. The molecule has 1 atom stereocenters. The van der Waals surface area contributed by atoms with Crippen LogP contribution in [0.15, 0.2) is 18.2 Å². The first kappa shape index (κ1) is 16.6. The molecule has 1 unspecified atom stereocenters. The highest BCUT2D eigenvalue weighted by Gasteiger charge is 2.31. The Morgan fingerprint density at radius 2 is 1.78 bits per heavy atom. The van der Waals surface area contributed by atoms with Gasteiger partial charge >= 0.3 is 0 Å². The first-order valence-electron chi connectivity index (χ1n) is 9.22. The van der Waals surface area contributed by atoms with Crippen LogP contribution in [0.1, 0.15) is 57.9 Å². The van der Waals surface area contributed by atoms with Crippen LogP contribution in [0.5, 0.6) is 11.5 Å². The first-order valence-corrected chi connectivity index (χ1v) is 9.22. The summed E-state index contributed by atoms with van der Waals surface area (Å²) >= 11 is 0. The molecule has 0 bridgehead atoms. The van der Waals surface area contributed by atoms with E-state index in [2.05, 4.69) is 43.9 Å². The predicted octanol–water partition coefficient (Wildman–Crippen LogP) is 4.46. The van der Waals surface area contributed by atoms with Crippen molar-refractivity contribution in [2.75, 3.05) is 32.8 Å². The van der Waals surface area contributed by atoms with Gasteiger partial charge in [-0.2, -0.15) is 0 Å². The molecule has 1 fully saturated rings. The largest absolute Gasteiger partial charge is 0.486 e. The minimum atomic E-state index is 0.293. The predicted molar refractivity (Wildman–Crippen MR) is 94.5 cm³/mol. The molecule has 128 valence electrons. The molecule has 1 saturated heterocycles. The molecule has 2 heterocycles. The standard InChI is InChI=1S/C20H31NO2/c1-4-17(20(2,3)9-12-21-10-5-6-11-21)16-7-8-18-19(15-16)23-14-13-22-18/h7-8,15,17H,4-6,9-14H2,1-3H3. The number of rotatable bonds is 6. The lowest BCUT2D eigenvalue weighted by molar-refractivity contribution is 0.170. The third-order valence-electron chi connectivity index (χ3n) is 5.59. The van der Waals surface area contributed by atoms with Crippen LogP contribution >= 0.6 is 0 Å². The van der Waals surface area contributed by atoms with Gasteiger partial charge in [0.25, 0.3) is 0 Å². The molecule has 0 N–H and O–H groups in total. The topological polar surface area (TPSA) is 21.7 Å². The molecular formula is C20H31NO2. The summed E-state index contributed by atoms with van der Waals surface area (Å²) in [5.74, 6) is 2.37. The fourth-order valence-electron chi connectivity index (χ4n) is 4.14. The van der Waals surface area contributed by atoms with E-state index in [-0.39, 0.29) is 0 Å². The van der Waals surface area contributed by atoms with Gasteiger partial charge in [-0.15, -0.1) is 0 Å². The van der Waals surface area contributed by atoms with Crippen molar-refractivity contribution < 1.29 is 9.47 Å². The van der Waals surface area contributed by atoms with Crippen LogP contribution in [-0.2, 0) is 0 Å². The number of nitrogens with zero attached hydrogens (tertiary/aromatic N) is 1. The second-order valence-electron chi connectivity index (χ2n) is 7.65. The van der Waals surface area contributed by atoms with Gasteiger partial charge in [0.05, 0.1) is 0 Å². The van der Waals surface area contributed by atoms with Gasteiger partial charge in [0.2, 0.25) is 0 Å². The van der Waals surface area contributed by atoms with Gasteiger partial charge in [-0.1, -0.05) is 26.8 Å². The second kappa shape index (κ2) is 7.12. The number of likely N-dealkylation sites (tertiary alicyclic amines) is 1. The van der Waals surface area contributed by atoms with Crippen LogP contribution in [0.3, 0.4) is 0 Å². The Morgan fingerprint density at radius 1 is 1.09 bits per heavy atom. The third kappa shape index (κ3) is 3.82. The van der Waals surface area contributed by atoms with Crippen LogP contribution in [0.2, 0.25) is 0 Å². The molecule has 3 heteroatoms. The monoisotopic (exact) mass is 317 g/mol. The Kier molecular flexibility index (Phi) is 5.15. The Bertz CT molecular complexity index is 520. The van der Waals surface area contributed by atoms with E-state index in [0.29, 0.717) is 24.5 Å². The van der Waals surface area contributed by atoms with Crippen LogP contribution in [0.25, 0.3) is 0 Å². The van der Waals surface area contributed by atoms with Gasteiger partial charge in [0.15, 0.2) is 11.5 Å². The summed E-state index contributed by atoms with van der Waals surface area (Å²) in [6.07, 6.45) is 5.16. The molecule has 0 amide bonds. The SMILES string of the molecule is CCC(c1ccc2c(c1)OCCO2)C(C)(C)CCN1CCCC1. The van der Waals surface area contributed by atoms with Gasteiger partial charge < -0.3 is 14.4 Å². The highest BCUT2D eigenvalue weighted by molar-refractivity contribution is 5.45. The summed E-state index contributed by atoms with van der Waals surface area (Å²) in [5, 5.41) is 0. The van der Waals surface area contributed by atoms with Crippen molar-refractivity contribution in [2.45, 2.75) is 52.4 Å². The lowest BCUT2D eigenvalue weighted by atomic mass is 9.71. The lowest BCUT2D eigenvalue weighted by Crippen LogP contribution is -2.29. The van der Waals surface area contributed by atoms with E-state index in [4.69, 9.17) is 9.47 Å². The van der Waals surface area contributed by atoms with Crippen LogP contribution in [-0.4, -0.2) is 37.7 Å². The quantitative estimate of drug-likeness (QED) is 0.773.